The molecule has 0 fully saturated rings. The van der Waals surface area contributed by atoms with E-state index in [0.717, 1.165) is 29.5 Å². The van der Waals surface area contributed by atoms with Crippen molar-refractivity contribution >= 4 is 61.6 Å². The van der Waals surface area contributed by atoms with E-state index < -0.39 is 0 Å². The Labute approximate surface area is 297 Å². The third kappa shape index (κ3) is 5.25. The lowest BCUT2D eigenvalue weighted by Gasteiger charge is -2.29. The molecule has 2 aromatic heterocycles. The van der Waals surface area contributed by atoms with Crippen LogP contribution in [0.25, 0.3) is 49.7 Å². The van der Waals surface area contributed by atoms with Crippen LogP contribution in [-0.4, -0.2) is 10.8 Å². The van der Waals surface area contributed by atoms with Gasteiger partial charge in [-0.05, 0) is 88.2 Å². The second kappa shape index (κ2) is 12.7. The van der Waals surface area contributed by atoms with Crippen LogP contribution in [-0.2, 0) is 0 Å². The first-order valence-electron chi connectivity index (χ1n) is 17.7. The number of benzene rings is 5. The highest BCUT2D eigenvalue weighted by Gasteiger charge is 2.28. The van der Waals surface area contributed by atoms with Gasteiger partial charge in [0.1, 0.15) is 6.17 Å². The van der Waals surface area contributed by atoms with Crippen LogP contribution in [0.3, 0.4) is 0 Å². The Morgan fingerprint density at radius 2 is 1.48 bits per heavy atom. The lowest BCUT2D eigenvalue weighted by atomic mass is 9.83. The number of rotatable bonds is 7. The highest BCUT2D eigenvalue weighted by atomic mass is 32.1. The van der Waals surface area contributed by atoms with Gasteiger partial charge in [-0.25, -0.2) is 0 Å². The van der Waals surface area contributed by atoms with Gasteiger partial charge in [-0.3, -0.25) is 10.3 Å². The van der Waals surface area contributed by atoms with E-state index in [4.69, 9.17) is 10.7 Å². The summed E-state index contributed by atoms with van der Waals surface area (Å²) in [5.41, 5.74) is 17.8. The van der Waals surface area contributed by atoms with Crippen molar-refractivity contribution in [3.8, 4) is 5.69 Å². The number of nitrogens with one attached hydrogen (secondary N) is 1. The topological polar surface area (TPSA) is 55.3 Å². The zero-order chi connectivity index (χ0) is 33.8. The third-order valence-corrected chi connectivity index (χ3v) is 11.7. The van der Waals surface area contributed by atoms with Gasteiger partial charge >= 0.3 is 0 Å². The predicted octanol–water partition coefficient (Wildman–Crippen LogP) is 11.4. The molecule has 0 aliphatic heterocycles. The van der Waals surface area contributed by atoms with Crippen molar-refractivity contribution in [2.75, 3.05) is 0 Å². The fourth-order valence-corrected chi connectivity index (χ4v) is 9.41. The quantitative estimate of drug-likeness (QED) is 0.131. The highest BCUT2D eigenvalue weighted by Crippen LogP contribution is 2.46. The van der Waals surface area contributed by atoms with Gasteiger partial charge in [-0.1, -0.05) is 117 Å². The minimum atomic E-state index is -0.382. The molecule has 2 heterocycles. The summed E-state index contributed by atoms with van der Waals surface area (Å²) in [7, 11) is 0. The summed E-state index contributed by atoms with van der Waals surface area (Å²) in [5, 5.41) is 7.70. The number of thiophene rings is 1. The number of hydrogen-bond donors (Lipinski definition) is 2. The molecule has 0 spiro atoms. The van der Waals surface area contributed by atoms with Crippen LogP contribution in [0.5, 0.6) is 0 Å². The summed E-state index contributed by atoms with van der Waals surface area (Å²) >= 11 is 1.92. The molecule has 9 rings (SSSR count). The average molecular weight is 669 g/mol. The summed E-state index contributed by atoms with van der Waals surface area (Å²) in [4.78, 5) is 6.59. The van der Waals surface area contributed by atoms with Crippen molar-refractivity contribution in [1.82, 2.24) is 9.88 Å². The lowest BCUT2D eigenvalue weighted by molar-refractivity contribution is 0.462. The maximum atomic E-state index is 6.83. The van der Waals surface area contributed by atoms with E-state index >= 15 is 0 Å². The van der Waals surface area contributed by atoms with Crippen LogP contribution >= 0.6 is 11.3 Å². The second-order valence-electron chi connectivity index (χ2n) is 13.8. The monoisotopic (exact) mass is 668 g/mol. The zero-order valence-electron chi connectivity index (χ0n) is 28.4. The van der Waals surface area contributed by atoms with Crippen LogP contribution in [0.4, 0.5) is 0 Å². The number of aliphatic imine (C=N–C) groups is 1. The van der Waals surface area contributed by atoms with Crippen LogP contribution < -0.4 is 11.1 Å². The number of hydrogen-bond acceptors (Lipinski definition) is 4. The van der Waals surface area contributed by atoms with Crippen LogP contribution in [0.15, 0.2) is 126 Å². The highest BCUT2D eigenvalue weighted by molar-refractivity contribution is 7.20. The van der Waals surface area contributed by atoms with Gasteiger partial charge in [-0.2, -0.15) is 0 Å². The first kappa shape index (κ1) is 30.9. The first-order valence-corrected chi connectivity index (χ1v) is 18.5. The number of para-hydroxylation sites is 1. The van der Waals surface area contributed by atoms with Crippen molar-refractivity contribution in [3.05, 3.63) is 160 Å². The van der Waals surface area contributed by atoms with Gasteiger partial charge in [0.15, 0.2) is 0 Å². The number of allylic oxidation sites excluding steroid dienone is 2. The molecule has 0 amide bonds. The van der Waals surface area contributed by atoms with Gasteiger partial charge < -0.3 is 10.3 Å². The van der Waals surface area contributed by atoms with E-state index in [1.54, 1.807) is 0 Å². The third-order valence-electron chi connectivity index (χ3n) is 10.6. The van der Waals surface area contributed by atoms with Gasteiger partial charge in [0.25, 0.3) is 0 Å². The van der Waals surface area contributed by atoms with Crippen molar-refractivity contribution < 1.29 is 0 Å². The van der Waals surface area contributed by atoms with Crippen LogP contribution in [0.1, 0.15) is 89.1 Å². The predicted molar refractivity (Wildman–Crippen MR) is 214 cm³/mol. The average Bonchev–Trinajstić information content (AvgIpc) is 3.68. The smallest absolute Gasteiger partial charge is 0.127 e. The molecule has 2 aliphatic carbocycles. The minimum Gasteiger partial charge on any atom is -0.312 e. The van der Waals surface area contributed by atoms with Gasteiger partial charge in [0.05, 0.1) is 22.9 Å². The molecule has 4 unspecified atom stereocenters. The van der Waals surface area contributed by atoms with Crippen molar-refractivity contribution in [3.63, 3.8) is 0 Å². The summed E-state index contributed by atoms with van der Waals surface area (Å²) in [6.45, 7) is 4.70. The summed E-state index contributed by atoms with van der Waals surface area (Å²) < 4.78 is 3.85. The number of nitrogens with zero attached hydrogens (tertiary/aromatic N) is 2. The Morgan fingerprint density at radius 1 is 0.760 bits per heavy atom. The Morgan fingerprint density at radius 3 is 2.30 bits per heavy atom. The maximum Gasteiger partial charge on any atom is 0.127 e. The molecule has 7 aromatic rings. The molecule has 5 aromatic carbocycles. The van der Waals surface area contributed by atoms with Gasteiger partial charge in [0, 0.05) is 32.1 Å². The van der Waals surface area contributed by atoms with Gasteiger partial charge in [-0.15, -0.1) is 11.3 Å². The summed E-state index contributed by atoms with van der Waals surface area (Å²) in [6, 6.07) is 38.9. The van der Waals surface area contributed by atoms with Gasteiger partial charge in [0.2, 0.25) is 0 Å². The molecule has 5 heteroatoms. The first-order chi connectivity index (χ1) is 24.5. The molecule has 246 valence electrons. The largest absolute Gasteiger partial charge is 0.312 e. The number of fused-ring (bicyclic) bond motifs is 7. The summed E-state index contributed by atoms with van der Waals surface area (Å²) in [5.74, 6) is 0.841. The van der Waals surface area contributed by atoms with E-state index in [-0.39, 0.29) is 12.3 Å². The van der Waals surface area contributed by atoms with E-state index in [0.29, 0.717) is 11.8 Å². The molecular weight excluding hydrogens is 629 g/mol. The lowest BCUT2D eigenvalue weighted by Crippen LogP contribution is -2.32. The SMILES string of the molecule is CC1CC=Cc2c(-n3c4ccccc4c4cc5c6c(sc5cc43)C=CCC6C)ccc(C(/N=C/c3ccccc3)NC(N)c3ccccc3)c21. The Balaban J connectivity index is 1.24. The van der Waals surface area contributed by atoms with E-state index in [9.17, 15) is 0 Å². The standard InChI is InChI=1S/C45H40N4S/c1-28-13-11-20-33-38(24-23-34(42(28)33)45(47-27-30-15-5-3-6-16-30)48-44(46)31-17-7-4-8-18-31)49-37-21-10-9-19-32(37)35-25-36-41(26-39(35)49)50-40-22-12-14-29(2)43(36)40/h3-12,15-29,44-45,48H,13-14,46H2,1-2H3/b47-27+. The Hall–Kier alpha value is -5.07. The van der Waals surface area contributed by atoms with E-state index in [2.05, 4.69) is 121 Å². The molecule has 2 aliphatic rings. The molecule has 0 radical (unpaired) electrons. The summed E-state index contributed by atoms with van der Waals surface area (Å²) in [6.07, 6.45) is 12.6. The molecule has 4 nitrogen and oxygen atoms in total. The van der Waals surface area contributed by atoms with Crippen molar-refractivity contribution in [2.24, 2.45) is 10.7 Å². The zero-order valence-corrected chi connectivity index (χ0v) is 29.2. The second-order valence-corrected chi connectivity index (χ2v) is 14.9. The molecule has 0 saturated carbocycles. The van der Waals surface area contributed by atoms with Crippen LogP contribution in [0, 0.1) is 0 Å². The number of nitrogens with two attached hydrogens (primary N) is 1. The Kier molecular flexibility index (Phi) is 7.84. The molecular formula is C45H40N4S. The number of aromatic nitrogens is 1. The molecule has 4 atom stereocenters. The maximum absolute atomic E-state index is 6.83. The molecule has 0 saturated heterocycles. The Bertz CT molecular complexity index is 2470. The van der Waals surface area contributed by atoms with E-state index in [1.165, 1.54) is 59.1 Å². The minimum absolute atomic E-state index is 0.311. The van der Waals surface area contributed by atoms with E-state index in [1.807, 2.05) is 53.9 Å². The van der Waals surface area contributed by atoms with Crippen molar-refractivity contribution in [1.29, 1.82) is 0 Å². The molecule has 50 heavy (non-hydrogen) atoms. The fourth-order valence-electron chi connectivity index (χ4n) is 8.13. The normalized spacial score (nSPS) is 18.2. The molecule has 3 N–H and O–H groups in total. The van der Waals surface area contributed by atoms with Crippen molar-refractivity contribution in [2.45, 2.75) is 50.9 Å². The fraction of sp³-hybridized carbons (Fsp3) is 0.178. The molecule has 0 bridgehead atoms. The van der Waals surface area contributed by atoms with Crippen LogP contribution in [0.2, 0.25) is 0 Å².